The molecule has 0 aromatic carbocycles. The first-order valence-electron chi connectivity index (χ1n) is 5.46. The van der Waals surface area contributed by atoms with E-state index in [0.717, 1.165) is 10.2 Å². The molecule has 0 radical (unpaired) electrons. The highest BCUT2D eigenvalue weighted by Crippen LogP contribution is 2.22. The van der Waals surface area contributed by atoms with E-state index in [0.29, 0.717) is 19.4 Å². The van der Waals surface area contributed by atoms with Crippen LogP contribution in [-0.2, 0) is 16.0 Å². The van der Waals surface area contributed by atoms with Gasteiger partial charge < -0.3 is 10.6 Å². The van der Waals surface area contributed by atoms with E-state index in [1.54, 1.807) is 11.3 Å². The molecule has 4 nitrogen and oxygen atoms in total. The zero-order valence-corrected chi connectivity index (χ0v) is 11.6. The summed E-state index contributed by atoms with van der Waals surface area (Å²) in [6, 6.07) is 3.70. The van der Waals surface area contributed by atoms with Crippen molar-refractivity contribution in [3.63, 3.8) is 0 Å². The van der Waals surface area contributed by atoms with E-state index in [4.69, 9.17) is 0 Å². The van der Waals surface area contributed by atoms with Crippen LogP contribution in [0.25, 0.3) is 0 Å². The Hall–Kier alpha value is -0.880. The third-order valence-electron chi connectivity index (χ3n) is 2.61. The van der Waals surface area contributed by atoms with Gasteiger partial charge in [-0.2, -0.15) is 0 Å². The number of thiophene rings is 1. The largest absolute Gasteiger partial charge is 0.354 e. The second-order valence-corrected chi connectivity index (χ2v) is 6.45. The SMILES string of the molecule is O=C1CCC(C(=O)NCCc2ccc(Br)s2)N1. The summed E-state index contributed by atoms with van der Waals surface area (Å²) in [6.45, 7) is 0.609. The van der Waals surface area contributed by atoms with Crippen LogP contribution in [0, 0.1) is 0 Å². The van der Waals surface area contributed by atoms with Crippen LogP contribution in [0.1, 0.15) is 17.7 Å². The molecule has 17 heavy (non-hydrogen) atoms. The highest BCUT2D eigenvalue weighted by Gasteiger charge is 2.26. The molecule has 1 saturated heterocycles. The van der Waals surface area contributed by atoms with Crippen molar-refractivity contribution in [1.29, 1.82) is 0 Å². The summed E-state index contributed by atoms with van der Waals surface area (Å²) in [5, 5.41) is 5.49. The number of halogens is 1. The lowest BCUT2D eigenvalue weighted by atomic mass is 10.2. The van der Waals surface area contributed by atoms with E-state index in [2.05, 4.69) is 26.6 Å². The molecule has 1 atom stereocenters. The molecule has 1 aliphatic heterocycles. The van der Waals surface area contributed by atoms with Gasteiger partial charge in [-0.05, 0) is 40.9 Å². The van der Waals surface area contributed by atoms with Gasteiger partial charge in [-0.15, -0.1) is 11.3 Å². The normalized spacial score (nSPS) is 19.1. The molecule has 1 aromatic heterocycles. The van der Waals surface area contributed by atoms with Crippen molar-refractivity contribution >= 4 is 39.1 Å². The van der Waals surface area contributed by atoms with Crippen molar-refractivity contribution in [2.45, 2.75) is 25.3 Å². The lowest BCUT2D eigenvalue weighted by molar-refractivity contribution is -0.125. The van der Waals surface area contributed by atoms with E-state index in [9.17, 15) is 9.59 Å². The zero-order chi connectivity index (χ0) is 12.3. The molecule has 2 amide bonds. The summed E-state index contributed by atoms with van der Waals surface area (Å²) in [5.74, 6) is -0.112. The molecule has 1 fully saturated rings. The second-order valence-electron chi connectivity index (χ2n) is 3.91. The zero-order valence-electron chi connectivity index (χ0n) is 9.16. The first-order valence-corrected chi connectivity index (χ1v) is 7.07. The van der Waals surface area contributed by atoms with Gasteiger partial charge in [0.15, 0.2) is 0 Å². The average Bonchev–Trinajstić information content (AvgIpc) is 2.88. The molecule has 2 rings (SSSR count). The summed E-state index contributed by atoms with van der Waals surface area (Å²) in [5.41, 5.74) is 0. The molecule has 0 spiro atoms. The molecule has 1 aromatic rings. The molecule has 0 bridgehead atoms. The molecule has 92 valence electrons. The summed E-state index contributed by atoms with van der Waals surface area (Å²) in [6.07, 6.45) is 1.88. The number of amides is 2. The van der Waals surface area contributed by atoms with E-state index in [1.165, 1.54) is 4.88 Å². The fraction of sp³-hybridized carbons (Fsp3) is 0.455. The Morgan fingerprint density at radius 1 is 1.59 bits per heavy atom. The van der Waals surface area contributed by atoms with E-state index < -0.39 is 0 Å². The predicted octanol–water partition coefficient (Wildman–Crippen LogP) is 1.45. The Kier molecular flexibility index (Phi) is 4.17. The van der Waals surface area contributed by atoms with Crippen molar-refractivity contribution < 1.29 is 9.59 Å². The Morgan fingerprint density at radius 3 is 3.00 bits per heavy atom. The summed E-state index contributed by atoms with van der Waals surface area (Å²) < 4.78 is 1.10. The maximum absolute atomic E-state index is 11.7. The van der Waals surface area contributed by atoms with Crippen LogP contribution in [0.4, 0.5) is 0 Å². The molecule has 1 unspecified atom stereocenters. The van der Waals surface area contributed by atoms with Crippen molar-refractivity contribution in [1.82, 2.24) is 10.6 Å². The summed E-state index contributed by atoms with van der Waals surface area (Å²) >= 11 is 5.06. The first-order chi connectivity index (χ1) is 8.15. The standard InChI is InChI=1S/C11H13BrN2O2S/c12-9-3-1-7(17-9)5-6-13-11(16)8-2-4-10(15)14-8/h1,3,8H,2,4-6H2,(H,13,16)(H,14,15). The highest BCUT2D eigenvalue weighted by atomic mass is 79.9. The van der Waals surface area contributed by atoms with Crippen LogP contribution in [0.5, 0.6) is 0 Å². The van der Waals surface area contributed by atoms with Gasteiger partial charge in [0, 0.05) is 17.8 Å². The molecular formula is C11H13BrN2O2S. The van der Waals surface area contributed by atoms with Gasteiger partial charge in [-0.1, -0.05) is 0 Å². The molecule has 0 aliphatic carbocycles. The topological polar surface area (TPSA) is 58.2 Å². The fourth-order valence-corrected chi connectivity index (χ4v) is 3.21. The number of carbonyl (C=O) groups excluding carboxylic acids is 2. The van der Waals surface area contributed by atoms with Crippen LogP contribution < -0.4 is 10.6 Å². The number of hydrogen-bond acceptors (Lipinski definition) is 3. The van der Waals surface area contributed by atoms with Gasteiger partial charge in [-0.25, -0.2) is 0 Å². The number of hydrogen-bond donors (Lipinski definition) is 2. The molecule has 0 saturated carbocycles. The Morgan fingerprint density at radius 2 is 2.41 bits per heavy atom. The second kappa shape index (κ2) is 5.64. The third-order valence-corrected chi connectivity index (χ3v) is 4.29. The summed E-state index contributed by atoms with van der Waals surface area (Å²) in [7, 11) is 0. The Bertz CT molecular complexity index is 433. The maximum atomic E-state index is 11.7. The van der Waals surface area contributed by atoms with E-state index in [1.807, 2.05) is 12.1 Å². The van der Waals surface area contributed by atoms with Crippen molar-refractivity contribution in [3.05, 3.63) is 20.8 Å². The molecule has 1 aliphatic rings. The van der Waals surface area contributed by atoms with Crippen LogP contribution in [0.15, 0.2) is 15.9 Å². The number of carbonyl (C=O) groups is 2. The van der Waals surface area contributed by atoms with Crippen molar-refractivity contribution in [2.75, 3.05) is 6.54 Å². The Labute approximate surface area is 112 Å². The lowest BCUT2D eigenvalue weighted by Gasteiger charge is -2.10. The molecule has 6 heteroatoms. The maximum Gasteiger partial charge on any atom is 0.242 e. The predicted molar refractivity (Wildman–Crippen MR) is 69.9 cm³/mol. The first kappa shape index (κ1) is 12.6. The minimum atomic E-state index is -0.336. The van der Waals surface area contributed by atoms with E-state index >= 15 is 0 Å². The average molecular weight is 317 g/mol. The summed E-state index contributed by atoms with van der Waals surface area (Å²) in [4.78, 5) is 23.8. The lowest BCUT2D eigenvalue weighted by Crippen LogP contribution is -2.42. The molecule has 2 N–H and O–H groups in total. The fourth-order valence-electron chi connectivity index (χ4n) is 1.73. The monoisotopic (exact) mass is 316 g/mol. The third kappa shape index (κ3) is 3.54. The highest BCUT2D eigenvalue weighted by molar-refractivity contribution is 9.11. The van der Waals surface area contributed by atoms with Crippen molar-refractivity contribution in [2.24, 2.45) is 0 Å². The van der Waals surface area contributed by atoms with Gasteiger partial charge in [-0.3, -0.25) is 9.59 Å². The molecule has 2 heterocycles. The van der Waals surface area contributed by atoms with Gasteiger partial charge in [0.1, 0.15) is 6.04 Å². The minimum Gasteiger partial charge on any atom is -0.354 e. The van der Waals surface area contributed by atoms with Crippen LogP contribution >= 0.6 is 27.3 Å². The van der Waals surface area contributed by atoms with Crippen LogP contribution in [-0.4, -0.2) is 24.4 Å². The van der Waals surface area contributed by atoms with Crippen LogP contribution in [0.3, 0.4) is 0 Å². The van der Waals surface area contributed by atoms with Gasteiger partial charge in [0.2, 0.25) is 11.8 Å². The minimum absolute atomic E-state index is 0.0349. The number of nitrogens with one attached hydrogen (secondary N) is 2. The van der Waals surface area contributed by atoms with Gasteiger partial charge in [0.25, 0.3) is 0 Å². The van der Waals surface area contributed by atoms with Crippen LogP contribution in [0.2, 0.25) is 0 Å². The smallest absolute Gasteiger partial charge is 0.242 e. The van der Waals surface area contributed by atoms with E-state index in [-0.39, 0.29) is 17.9 Å². The van der Waals surface area contributed by atoms with Gasteiger partial charge >= 0.3 is 0 Å². The van der Waals surface area contributed by atoms with Crippen molar-refractivity contribution in [3.8, 4) is 0 Å². The molecular weight excluding hydrogens is 304 g/mol. The Balaban J connectivity index is 1.71. The van der Waals surface area contributed by atoms with Gasteiger partial charge in [0.05, 0.1) is 3.79 Å². The quantitative estimate of drug-likeness (QED) is 0.883. The number of rotatable bonds is 4.